The Morgan fingerprint density at radius 1 is 0.333 bits per heavy atom. The summed E-state index contributed by atoms with van der Waals surface area (Å²) in [5.41, 5.74) is 0.412. The summed E-state index contributed by atoms with van der Waals surface area (Å²) >= 11 is 0. The van der Waals surface area contributed by atoms with Gasteiger partial charge in [-0.3, -0.25) is 0 Å². The van der Waals surface area contributed by atoms with Gasteiger partial charge in [-0.25, -0.2) is 0 Å². The predicted molar refractivity (Wildman–Crippen MR) is 154 cm³/mol. The Morgan fingerprint density at radius 3 is 0.758 bits per heavy atom. The van der Waals surface area contributed by atoms with E-state index < -0.39 is 0 Å². The van der Waals surface area contributed by atoms with Crippen molar-refractivity contribution in [2.75, 3.05) is 0 Å². The molecule has 0 aliphatic carbocycles. The second kappa shape index (κ2) is 24.8. The number of hydrogen-bond acceptors (Lipinski definition) is 0. The summed E-state index contributed by atoms with van der Waals surface area (Å²) in [6.45, 7) is 9.05. The molecule has 0 atom stereocenters. The Kier molecular flexibility index (Phi) is 23.4. The fraction of sp³-hybridized carbons (Fsp3) is 0.576. The van der Waals surface area contributed by atoms with Crippen molar-refractivity contribution in [1.82, 2.24) is 0 Å². The molecule has 0 aromatic carbocycles. The first kappa shape index (κ1) is 31.2. The van der Waals surface area contributed by atoms with Crippen LogP contribution >= 0.6 is 0 Å². The lowest BCUT2D eigenvalue weighted by Gasteiger charge is -2.14. The molecule has 0 N–H and O–H groups in total. The normalized spacial score (nSPS) is 13.7. The van der Waals surface area contributed by atoms with Gasteiger partial charge in [-0.2, -0.15) is 0 Å². The highest BCUT2D eigenvalue weighted by molar-refractivity contribution is 4.94. The van der Waals surface area contributed by atoms with Gasteiger partial charge in [0.25, 0.3) is 0 Å². The summed E-state index contributed by atoms with van der Waals surface area (Å²) in [6, 6.07) is 0. The van der Waals surface area contributed by atoms with Gasteiger partial charge in [-0.05, 0) is 95.3 Å². The molecule has 186 valence electrons. The van der Waals surface area contributed by atoms with E-state index >= 15 is 0 Å². The Balaban J connectivity index is 3.45. The number of unbranched alkanes of at least 4 members (excludes halogenated alkanes) is 6. The maximum atomic E-state index is 2.33. The predicted octanol–water partition coefficient (Wildman–Crippen LogP) is 11.4. The van der Waals surface area contributed by atoms with E-state index in [1.54, 1.807) is 0 Å². The lowest BCUT2D eigenvalue weighted by atomic mass is 9.92. The summed E-state index contributed by atoms with van der Waals surface area (Å²) in [7, 11) is 0. The fourth-order valence-electron chi connectivity index (χ4n) is 3.17. The summed E-state index contributed by atoms with van der Waals surface area (Å²) in [5, 5.41) is 0. The molecule has 0 aliphatic heterocycles. The van der Waals surface area contributed by atoms with E-state index in [-0.39, 0.29) is 0 Å². The van der Waals surface area contributed by atoms with Crippen molar-refractivity contribution in [3.63, 3.8) is 0 Å². The van der Waals surface area contributed by atoms with Gasteiger partial charge in [-0.15, -0.1) is 0 Å². The minimum absolute atomic E-state index is 0.412. The third-order valence-corrected chi connectivity index (χ3v) is 5.13. The van der Waals surface area contributed by atoms with E-state index in [0.29, 0.717) is 5.41 Å². The van der Waals surface area contributed by atoms with Crippen LogP contribution in [0.4, 0.5) is 0 Å². The second-order valence-electron chi connectivity index (χ2n) is 9.94. The number of rotatable bonds is 20. The first-order valence-corrected chi connectivity index (χ1v) is 13.6. The molecule has 33 heavy (non-hydrogen) atoms. The largest absolute Gasteiger partial charge is 0.0888 e. The van der Waals surface area contributed by atoms with Crippen LogP contribution in [0.3, 0.4) is 0 Å². The zero-order valence-electron chi connectivity index (χ0n) is 22.5. The average Bonchev–Trinajstić information content (AvgIpc) is 2.78. The Labute approximate surface area is 208 Å². The van der Waals surface area contributed by atoms with Gasteiger partial charge in [0.1, 0.15) is 0 Å². The number of allylic oxidation sites excluding steroid dienone is 14. The van der Waals surface area contributed by atoms with E-state index in [0.717, 1.165) is 44.9 Å². The molecule has 0 bridgehead atoms. The van der Waals surface area contributed by atoms with E-state index in [1.165, 1.54) is 44.9 Å². The van der Waals surface area contributed by atoms with Crippen molar-refractivity contribution < 1.29 is 0 Å². The summed E-state index contributed by atoms with van der Waals surface area (Å²) in [5.74, 6) is 0. The van der Waals surface area contributed by atoms with Crippen LogP contribution < -0.4 is 0 Å². The van der Waals surface area contributed by atoms with E-state index in [2.05, 4.69) is 113 Å². The van der Waals surface area contributed by atoms with Crippen LogP contribution in [-0.4, -0.2) is 0 Å². The van der Waals surface area contributed by atoms with Crippen LogP contribution in [0.15, 0.2) is 85.1 Å². The molecule has 0 heteroatoms. The lowest BCUT2D eigenvalue weighted by molar-refractivity contribution is 0.420. The SMILES string of the molecule is CC/C=C\CC/C=C\CC/C=C\CC/C=C\CC/C=C\CC/C=C\CC/C=C\CC(C)(C)C. The van der Waals surface area contributed by atoms with Crippen molar-refractivity contribution in [2.45, 2.75) is 118 Å². The zero-order valence-corrected chi connectivity index (χ0v) is 22.5. The Bertz CT molecular complexity index is 598. The van der Waals surface area contributed by atoms with Crippen molar-refractivity contribution >= 4 is 0 Å². The van der Waals surface area contributed by atoms with Crippen molar-refractivity contribution in [3.8, 4) is 0 Å². The van der Waals surface area contributed by atoms with Crippen LogP contribution in [0.25, 0.3) is 0 Å². The quantitative estimate of drug-likeness (QED) is 0.128. The average molecular weight is 451 g/mol. The molecule has 0 nitrogen and oxygen atoms in total. The topological polar surface area (TPSA) is 0 Å². The summed E-state index contributed by atoms with van der Waals surface area (Å²) in [6.07, 6.45) is 48.8. The third kappa shape index (κ3) is 30.2. The molecule has 0 spiro atoms. The van der Waals surface area contributed by atoms with Gasteiger partial charge in [0.2, 0.25) is 0 Å². The molecule has 0 unspecified atom stereocenters. The lowest BCUT2D eigenvalue weighted by Crippen LogP contribution is -2.01. The highest BCUT2D eigenvalue weighted by atomic mass is 14.1. The van der Waals surface area contributed by atoms with Crippen LogP contribution in [-0.2, 0) is 0 Å². The first-order valence-electron chi connectivity index (χ1n) is 13.6. The van der Waals surface area contributed by atoms with E-state index in [1.807, 2.05) is 0 Å². The van der Waals surface area contributed by atoms with Gasteiger partial charge in [0.15, 0.2) is 0 Å². The van der Waals surface area contributed by atoms with Crippen LogP contribution in [0, 0.1) is 5.41 Å². The van der Waals surface area contributed by atoms with E-state index in [4.69, 9.17) is 0 Å². The highest BCUT2D eigenvalue weighted by Crippen LogP contribution is 2.18. The smallest absolute Gasteiger partial charge is 0.0302 e. The Hall–Kier alpha value is -1.82. The number of hydrogen-bond donors (Lipinski definition) is 0. The molecule has 0 radical (unpaired) electrons. The molecular weight excluding hydrogens is 396 g/mol. The Morgan fingerprint density at radius 2 is 0.545 bits per heavy atom. The molecular formula is C33H54. The minimum Gasteiger partial charge on any atom is -0.0888 e. The molecule has 0 aromatic rings. The van der Waals surface area contributed by atoms with Crippen molar-refractivity contribution in [3.05, 3.63) is 85.1 Å². The van der Waals surface area contributed by atoms with Crippen LogP contribution in [0.5, 0.6) is 0 Å². The molecule has 0 aromatic heterocycles. The molecule has 0 fully saturated rings. The van der Waals surface area contributed by atoms with Crippen LogP contribution in [0.2, 0.25) is 0 Å². The van der Waals surface area contributed by atoms with E-state index in [9.17, 15) is 0 Å². The van der Waals surface area contributed by atoms with Crippen molar-refractivity contribution in [2.24, 2.45) is 5.41 Å². The maximum absolute atomic E-state index is 2.33. The molecule has 0 rings (SSSR count). The van der Waals surface area contributed by atoms with Crippen LogP contribution in [0.1, 0.15) is 118 Å². The third-order valence-electron chi connectivity index (χ3n) is 5.13. The van der Waals surface area contributed by atoms with Gasteiger partial charge >= 0.3 is 0 Å². The highest BCUT2D eigenvalue weighted by Gasteiger charge is 2.05. The second-order valence-corrected chi connectivity index (χ2v) is 9.94. The first-order chi connectivity index (χ1) is 16.1. The standard InChI is InChI=1S/C33H54/c1-5-6-7-8-9-10-11-12-13-14-15-16-17-18-19-20-21-22-23-24-25-26-27-28-29-30-31-32-33(2,3)4/h6-7,10-11,14-15,18-19,22-23,26-27,30-31H,5,8-9,12-13,16-17,20-21,24-25,28-29,32H2,1-4H3/b7-6-,11-10-,15-14-,19-18-,23-22-,27-26-,31-30-. The van der Waals surface area contributed by atoms with Gasteiger partial charge in [0.05, 0.1) is 0 Å². The molecule has 0 amide bonds. The summed E-state index contributed by atoms with van der Waals surface area (Å²) < 4.78 is 0. The van der Waals surface area contributed by atoms with Gasteiger partial charge in [-0.1, -0.05) is 113 Å². The molecule has 0 saturated heterocycles. The molecule has 0 aliphatic rings. The molecule has 0 heterocycles. The van der Waals surface area contributed by atoms with Gasteiger partial charge < -0.3 is 0 Å². The van der Waals surface area contributed by atoms with Crippen molar-refractivity contribution in [1.29, 1.82) is 0 Å². The fourth-order valence-corrected chi connectivity index (χ4v) is 3.17. The summed E-state index contributed by atoms with van der Waals surface area (Å²) in [4.78, 5) is 0. The zero-order chi connectivity index (χ0) is 24.3. The van der Waals surface area contributed by atoms with Gasteiger partial charge in [0, 0.05) is 0 Å². The maximum Gasteiger partial charge on any atom is -0.0302 e. The molecule has 0 saturated carbocycles. The monoisotopic (exact) mass is 450 g/mol. The minimum atomic E-state index is 0.412.